The molecule has 5 nitrogen and oxygen atoms in total. The van der Waals surface area contributed by atoms with Crippen molar-refractivity contribution in [3.05, 3.63) is 35.4 Å². The average molecular weight is 268 g/mol. The van der Waals surface area contributed by atoms with E-state index in [1.54, 1.807) is 31.2 Å². The average Bonchev–Trinajstić information content (AvgIpc) is 2.48. The number of benzene rings is 1. The number of aliphatic hydroxyl groups is 2. The zero-order valence-corrected chi connectivity index (χ0v) is 11.2. The number of ether oxygens (including phenoxy) is 2. The zero-order valence-electron chi connectivity index (χ0n) is 11.2. The molecule has 0 saturated heterocycles. The molecule has 0 saturated carbocycles. The van der Waals surface area contributed by atoms with Gasteiger partial charge in [0.1, 0.15) is 6.29 Å². The molecule has 1 unspecified atom stereocenters. The lowest BCUT2D eigenvalue weighted by Crippen LogP contribution is -2.32. The second kappa shape index (κ2) is 7.35. The molecule has 0 aliphatic carbocycles. The van der Waals surface area contributed by atoms with Crippen LogP contribution in [0.3, 0.4) is 0 Å². The van der Waals surface area contributed by atoms with E-state index in [1.165, 1.54) is 7.11 Å². The minimum Gasteiger partial charge on any atom is -0.396 e. The summed E-state index contributed by atoms with van der Waals surface area (Å²) in [7, 11) is 1.51. The summed E-state index contributed by atoms with van der Waals surface area (Å²) in [5, 5.41) is 18.4. The van der Waals surface area contributed by atoms with Crippen LogP contribution in [0, 0.1) is 5.41 Å². The molecule has 1 rings (SSSR count). The highest BCUT2D eigenvalue weighted by atomic mass is 16.7. The molecule has 2 N–H and O–H groups in total. The number of aldehydes is 1. The summed E-state index contributed by atoms with van der Waals surface area (Å²) in [6.45, 7) is 1.52. The molecule has 5 heteroatoms. The number of methoxy groups -OCH3 is 1. The zero-order chi connectivity index (χ0) is 14.3. The smallest absolute Gasteiger partial charge is 0.183 e. The van der Waals surface area contributed by atoms with Gasteiger partial charge in [-0.3, -0.25) is 4.79 Å². The molecule has 0 amide bonds. The number of rotatable bonds is 8. The van der Waals surface area contributed by atoms with E-state index in [0.29, 0.717) is 5.56 Å². The van der Waals surface area contributed by atoms with Crippen LogP contribution < -0.4 is 0 Å². The van der Waals surface area contributed by atoms with Crippen LogP contribution in [0.5, 0.6) is 0 Å². The highest BCUT2D eigenvalue weighted by Crippen LogP contribution is 2.23. The van der Waals surface area contributed by atoms with Crippen molar-refractivity contribution in [3.63, 3.8) is 0 Å². The fourth-order valence-corrected chi connectivity index (χ4v) is 1.45. The summed E-state index contributed by atoms with van der Waals surface area (Å²) < 4.78 is 10.8. The second-order valence-electron chi connectivity index (χ2n) is 4.79. The van der Waals surface area contributed by atoms with Gasteiger partial charge in [0.2, 0.25) is 0 Å². The van der Waals surface area contributed by atoms with Gasteiger partial charge in [0.05, 0.1) is 19.8 Å². The summed E-state index contributed by atoms with van der Waals surface area (Å²) >= 11 is 0. The van der Waals surface area contributed by atoms with Gasteiger partial charge in [0, 0.05) is 23.7 Å². The molecule has 1 aromatic carbocycles. The van der Waals surface area contributed by atoms with E-state index in [2.05, 4.69) is 0 Å². The molecule has 0 spiro atoms. The SMILES string of the molecule is COC(OCC(C)(CO)CO)c1ccc(C=O)cc1. The molecule has 0 aliphatic heterocycles. The monoisotopic (exact) mass is 268 g/mol. The van der Waals surface area contributed by atoms with Crippen molar-refractivity contribution in [3.8, 4) is 0 Å². The molecule has 0 bridgehead atoms. The molecule has 0 fully saturated rings. The van der Waals surface area contributed by atoms with Crippen LogP contribution in [0.2, 0.25) is 0 Å². The summed E-state index contributed by atoms with van der Waals surface area (Å²) in [5.41, 5.74) is 0.639. The Morgan fingerprint density at radius 1 is 1.26 bits per heavy atom. The molecule has 0 heterocycles. The highest BCUT2D eigenvalue weighted by Gasteiger charge is 2.25. The maximum Gasteiger partial charge on any atom is 0.183 e. The normalized spacial score (nSPS) is 13.3. The van der Waals surface area contributed by atoms with E-state index in [0.717, 1.165) is 11.8 Å². The van der Waals surface area contributed by atoms with Crippen molar-refractivity contribution in [1.29, 1.82) is 0 Å². The topological polar surface area (TPSA) is 76.0 Å². The van der Waals surface area contributed by atoms with Gasteiger partial charge in [-0.1, -0.05) is 31.2 Å². The van der Waals surface area contributed by atoms with E-state index in [1.807, 2.05) is 0 Å². The van der Waals surface area contributed by atoms with Crippen molar-refractivity contribution >= 4 is 6.29 Å². The van der Waals surface area contributed by atoms with Crippen molar-refractivity contribution < 1.29 is 24.5 Å². The van der Waals surface area contributed by atoms with Gasteiger partial charge in [-0.15, -0.1) is 0 Å². The summed E-state index contributed by atoms with van der Waals surface area (Å²) in [4.78, 5) is 10.6. The van der Waals surface area contributed by atoms with Crippen LogP contribution in [-0.2, 0) is 9.47 Å². The Morgan fingerprint density at radius 3 is 2.26 bits per heavy atom. The minimum absolute atomic E-state index is 0.161. The van der Waals surface area contributed by atoms with Crippen LogP contribution >= 0.6 is 0 Å². The number of hydrogen-bond acceptors (Lipinski definition) is 5. The second-order valence-corrected chi connectivity index (χ2v) is 4.79. The minimum atomic E-state index is -0.709. The largest absolute Gasteiger partial charge is 0.396 e. The van der Waals surface area contributed by atoms with Crippen LogP contribution in [0.4, 0.5) is 0 Å². The van der Waals surface area contributed by atoms with Gasteiger partial charge < -0.3 is 19.7 Å². The summed E-state index contributed by atoms with van der Waals surface area (Å²) in [6, 6.07) is 6.84. The Bertz CT molecular complexity index is 383. The quantitative estimate of drug-likeness (QED) is 0.546. The van der Waals surface area contributed by atoms with Gasteiger partial charge in [0.15, 0.2) is 6.29 Å². The van der Waals surface area contributed by atoms with E-state index in [4.69, 9.17) is 9.47 Å². The number of carbonyl (C=O) groups excluding carboxylic acids is 1. The third-order valence-corrected chi connectivity index (χ3v) is 2.91. The molecule has 0 radical (unpaired) electrons. The first-order valence-electron chi connectivity index (χ1n) is 6.00. The van der Waals surface area contributed by atoms with Crippen LogP contribution in [0.15, 0.2) is 24.3 Å². The van der Waals surface area contributed by atoms with Crippen LogP contribution in [0.1, 0.15) is 29.1 Å². The van der Waals surface area contributed by atoms with Crippen molar-refractivity contribution in [1.82, 2.24) is 0 Å². The van der Waals surface area contributed by atoms with Crippen molar-refractivity contribution in [2.75, 3.05) is 26.9 Å². The van der Waals surface area contributed by atoms with E-state index in [9.17, 15) is 15.0 Å². The highest BCUT2D eigenvalue weighted by molar-refractivity contribution is 5.74. The first-order valence-corrected chi connectivity index (χ1v) is 6.00. The molecule has 1 atom stereocenters. The van der Waals surface area contributed by atoms with E-state index >= 15 is 0 Å². The maximum absolute atomic E-state index is 10.6. The summed E-state index contributed by atoms with van der Waals surface area (Å²) in [5.74, 6) is 0. The first-order chi connectivity index (χ1) is 9.08. The van der Waals surface area contributed by atoms with Crippen molar-refractivity contribution in [2.24, 2.45) is 5.41 Å². The van der Waals surface area contributed by atoms with Gasteiger partial charge in [-0.2, -0.15) is 0 Å². The van der Waals surface area contributed by atoms with Crippen LogP contribution in [0.25, 0.3) is 0 Å². The molecular weight excluding hydrogens is 248 g/mol. The van der Waals surface area contributed by atoms with E-state index < -0.39 is 11.7 Å². The first kappa shape index (κ1) is 15.8. The Hall–Kier alpha value is -1.27. The molecular formula is C14H20O5. The number of hydrogen-bond donors (Lipinski definition) is 2. The Kier molecular flexibility index (Phi) is 6.11. The lowest BCUT2D eigenvalue weighted by Gasteiger charge is -2.27. The molecule has 1 aromatic rings. The lowest BCUT2D eigenvalue weighted by atomic mass is 9.94. The van der Waals surface area contributed by atoms with Gasteiger partial charge in [-0.25, -0.2) is 0 Å². The lowest BCUT2D eigenvalue weighted by molar-refractivity contribution is -0.158. The Labute approximate surface area is 112 Å². The standard InChI is InChI=1S/C14H20O5/c1-14(8-16,9-17)10-19-13(18-2)12-5-3-11(7-15)4-6-12/h3-7,13,16-17H,8-10H2,1-2H3. The van der Waals surface area contributed by atoms with Gasteiger partial charge in [-0.05, 0) is 0 Å². The molecule has 0 aliphatic rings. The Morgan fingerprint density at radius 2 is 1.84 bits per heavy atom. The van der Waals surface area contributed by atoms with Gasteiger partial charge >= 0.3 is 0 Å². The van der Waals surface area contributed by atoms with E-state index in [-0.39, 0.29) is 19.8 Å². The molecule has 19 heavy (non-hydrogen) atoms. The molecule has 106 valence electrons. The Balaban J connectivity index is 2.69. The van der Waals surface area contributed by atoms with Gasteiger partial charge in [0.25, 0.3) is 0 Å². The fraction of sp³-hybridized carbons (Fsp3) is 0.500. The third kappa shape index (κ3) is 4.40. The summed E-state index contributed by atoms with van der Waals surface area (Å²) in [6.07, 6.45) is 0.166. The van der Waals surface area contributed by atoms with Crippen LogP contribution in [-0.4, -0.2) is 43.4 Å². The van der Waals surface area contributed by atoms with Crippen molar-refractivity contribution in [2.45, 2.75) is 13.2 Å². The predicted octanol–water partition coefficient (Wildman–Crippen LogP) is 1.15. The third-order valence-electron chi connectivity index (χ3n) is 2.91. The predicted molar refractivity (Wildman–Crippen MR) is 69.8 cm³/mol. The molecule has 0 aromatic heterocycles. The fourth-order valence-electron chi connectivity index (χ4n) is 1.45. The number of aliphatic hydroxyl groups excluding tert-OH is 2. The number of carbonyl (C=O) groups is 1. The maximum atomic E-state index is 10.6.